The summed E-state index contributed by atoms with van der Waals surface area (Å²) in [7, 11) is 0. The fourth-order valence-electron chi connectivity index (χ4n) is 2.56. The first-order valence-corrected chi connectivity index (χ1v) is 7.11. The number of hydrogen-bond donors (Lipinski definition) is 2. The molecule has 1 aromatic carbocycles. The van der Waals surface area contributed by atoms with Gasteiger partial charge in [-0.2, -0.15) is 0 Å². The minimum atomic E-state index is 0.133. The van der Waals surface area contributed by atoms with Crippen molar-refractivity contribution in [3.63, 3.8) is 0 Å². The number of carbonyl (C=O) groups excluding carboxylic acids is 1. The van der Waals surface area contributed by atoms with Gasteiger partial charge in [-0.1, -0.05) is 31.2 Å². The molecule has 0 unspecified atom stereocenters. The van der Waals surface area contributed by atoms with Crippen LogP contribution < -0.4 is 10.6 Å². The lowest BCUT2D eigenvalue weighted by molar-refractivity contribution is -0.121. The highest BCUT2D eigenvalue weighted by molar-refractivity contribution is 5.78. The van der Waals surface area contributed by atoms with Crippen molar-refractivity contribution in [2.75, 3.05) is 19.6 Å². The molecule has 0 spiro atoms. The van der Waals surface area contributed by atoms with Crippen LogP contribution in [0, 0.1) is 12.3 Å². The van der Waals surface area contributed by atoms with Gasteiger partial charge in [0.2, 0.25) is 5.91 Å². The second-order valence-corrected chi connectivity index (χ2v) is 5.94. The van der Waals surface area contributed by atoms with Crippen LogP contribution in [-0.4, -0.2) is 25.5 Å². The van der Waals surface area contributed by atoms with E-state index in [1.54, 1.807) is 0 Å². The summed E-state index contributed by atoms with van der Waals surface area (Å²) in [5, 5.41) is 6.46. The SMILES string of the molecule is Cc1ccccc1CC(=O)NCC1(C)CCNCC1. The van der Waals surface area contributed by atoms with Gasteiger partial charge in [0, 0.05) is 6.54 Å². The molecule has 0 aromatic heterocycles. The third-order valence-corrected chi connectivity index (χ3v) is 4.14. The summed E-state index contributed by atoms with van der Waals surface area (Å²) in [6.07, 6.45) is 2.76. The van der Waals surface area contributed by atoms with E-state index in [-0.39, 0.29) is 11.3 Å². The molecule has 1 aliphatic heterocycles. The number of carbonyl (C=O) groups is 1. The average molecular weight is 260 g/mol. The first-order chi connectivity index (χ1) is 9.09. The fourth-order valence-corrected chi connectivity index (χ4v) is 2.56. The highest BCUT2D eigenvalue weighted by atomic mass is 16.1. The first kappa shape index (κ1) is 14.1. The zero-order valence-electron chi connectivity index (χ0n) is 12.0. The van der Waals surface area contributed by atoms with Gasteiger partial charge >= 0.3 is 0 Å². The van der Waals surface area contributed by atoms with Gasteiger partial charge in [0.25, 0.3) is 0 Å². The van der Waals surface area contributed by atoms with E-state index in [4.69, 9.17) is 0 Å². The van der Waals surface area contributed by atoms with Gasteiger partial charge in [-0.15, -0.1) is 0 Å². The predicted molar refractivity (Wildman–Crippen MR) is 78.1 cm³/mol. The quantitative estimate of drug-likeness (QED) is 0.870. The summed E-state index contributed by atoms with van der Waals surface area (Å²) in [4.78, 5) is 12.0. The average Bonchev–Trinajstić information content (AvgIpc) is 2.40. The Morgan fingerprint density at radius 1 is 1.32 bits per heavy atom. The van der Waals surface area contributed by atoms with Crippen molar-refractivity contribution >= 4 is 5.91 Å². The zero-order chi connectivity index (χ0) is 13.7. The molecule has 2 rings (SSSR count). The van der Waals surface area contributed by atoms with Crippen molar-refractivity contribution in [2.45, 2.75) is 33.1 Å². The van der Waals surface area contributed by atoms with Crippen molar-refractivity contribution in [3.8, 4) is 0 Å². The largest absolute Gasteiger partial charge is 0.355 e. The maximum atomic E-state index is 12.0. The van der Waals surface area contributed by atoms with Gasteiger partial charge in [-0.05, 0) is 49.4 Å². The van der Waals surface area contributed by atoms with E-state index in [0.717, 1.165) is 38.0 Å². The number of amides is 1. The molecule has 104 valence electrons. The van der Waals surface area contributed by atoms with E-state index in [2.05, 4.69) is 30.5 Å². The Hall–Kier alpha value is -1.35. The van der Waals surface area contributed by atoms with Gasteiger partial charge in [-0.25, -0.2) is 0 Å². The number of hydrogen-bond acceptors (Lipinski definition) is 2. The molecule has 0 atom stereocenters. The maximum absolute atomic E-state index is 12.0. The van der Waals surface area contributed by atoms with E-state index in [9.17, 15) is 4.79 Å². The van der Waals surface area contributed by atoms with Crippen LogP contribution in [0.2, 0.25) is 0 Å². The van der Waals surface area contributed by atoms with Gasteiger partial charge < -0.3 is 10.6 Å². The van der Waals surface area contributed by atoms with Gasteiger partial charge in [0.05, 0.1) is 6.42 Å². The Balaban J connectivity index is 1.83. The third kappa shape index (κ3) is 4.06. The lowest BCUT2D eigenvalue weighted by Gasteiger charge is -2.34. The molecule has 19 heavy (non-hydrogen) atoms. The zero-order valence-corrected chi connectivity index (χ0v) is 12.0. The topological polar surface area (TPSA) is 41.1 Å². The highest BCUT2D eigenvalue weighted by Crippen LogP contribution is 2.26. The van der Waals surface area contributed by atoms with Gasteiger partial charge in [-0.3, -0.25) is 4.79 Å². The van der Waals surface area contributed by atoms with Crippen LogP contribution in [0.1, 0.15) is 30.9 Å². The lowest BCUT2D eigenvalue weighted by atomic mass is 9.81. The molecule has 0 bridgehead atoms. The maximum Gasteiger partial charge on any atom is 0.224 e. The van der Waals surface area contributed by atoms with Crippen LogP contribution in [0.4, 0.5) is 0 Å². The minimum absolute atomic E-state index is 0.133. The lowest BCUT2D eigenvalue weighted by Crippen LogP contribution is -2.43. The van der Waals surface area contributed by atoms with Crippen molar-refractivity contribution in [1.29, 1.82) is 0 Å². The number of nitrogens with one attached hydrogen (secondary N) is 2. The molecule has 1 amide bonds. The minimum Gasteiger partial charge on any atom is -0.355 e. The molecule has 1 aromatic rings. The van der Waals surface area contributed by atoms with Crippen molar-refractivity contribution in [1.82, 2.24) is 10.6 Å². The molecule has 1 fully saturated rings. The molecule has 3 nitrogen and oxygen atoms in total. The van der Waals surface area contributed by atoms with Crippen LogP contribution in [0.5, 0.6) is 0 Å². The standard InChI is InChI=1S/C16H24N2O/c1-13-5-3-4-6-14(13)11-15(19)18-12-16(2)7-9-17-10-8-16/h3-6,17H,7-12H2,1-2H3,(H,18,19). The summed E-state index contributed by atoms with van der Waals surface area (Å²) in [6.45, 7) is 7.23. The van der Waals surface area contributed by atoms with Crippen LogP contribution in [-0.2, 0) is 11.2 Å². The van der Waals surface area contributed by atoms with Crippen molar-refractivity contribution < 1.29 is 4.79 Å². The normalized spacial score (nSPS) is 18.0. The molecular weight excluding hydrogens is 236 g/mol. The van der Waals surface area contributed by atoms with E-state index in [1.165, 1.54) is 5.56 Å². The summed E-state index contributed by atoms with van der Waals surface area (Å²) >= 11 is 0. The molecule has 1 saturated heterocycles. The van der Waals surface area contributed by atoms with E-state index < -0.39 is 0 Å². The number of aryl methyl sites for hydroxylation is 1. The fraction of sp³-hybridized carbons (Fsp3) is 0.562. The van der Waals surface area contributed by atoms with E-state index in [0.29, 0.717) is 6.42 Å². The highest BCUT2D eigenvalue weighted by Gasteiger charge is 2.26. The Bertz CT molecular complexity index is 436. The number of piperidine rings is 1. The Morgan fingerprint density at radius 2 is 2.00 bits per heavy atom. The van der Waals surface area contributed by atoms with Gasteiger partial charge in [0.15, 0.2) is 0 Å². The van der Waals surface area contributed by atoms with Crippen LogP contribution >= 0.6 is 0 Å². The van der Waals surface area contributed by atoms with Gasteiger partial charge in [0.1, 0.15) is 0 Å². The Labute approximate surface area is 115 Å². The monoisotopic (exact) mass is 260 g/mol. The molecule has 0 radical (unpaired) electrons. The van der Waals surface area contributed by atoms with Crippen molar-refractivity contribution in [2.24, 2.45) is 5.41 Å². The Morgan fingerprint density at radius 3 is 2.68 bits per heavy atom. The van der Waals surface area contributed by atoms with Crippen LogP contribution in [0.25, 0.3) is 0 Å². The molecule has 1 heterocycles. The predicted octanol–water partition coefficient (Wildman–Crippen LogP) is 2.04. The number of rotatable bonds is 4. The molecule has 2 N–H and O–H groups in total. The number of benzene rings is 1. The first-order valence-electron chi connectivity index (χ1n) is 7.11. The van der Waals surface area contributed by atoms with E-state index >= 15 is 0 Å². The Kier molecular flexibility index (Phi) is 4.59. The van der Waals surface area contributed by atoms with E-state index in [1.807, 2.05) is 18.2 Å². The summed E-state index contributed by atoms with van der Waals surface area (Å²) < 4.78 is 0. The molecule has 0 saturated carbocycles. The third-order valence-electron chi connectivity index (χ3n) is 4.14. The molecule has 3 heteroatoms. The van der Waals surface area contributed by atoms with Crippen LogP contribution in [0.3, 0.4) is 0 Å². The second-order valence-electron chi connectivity index (χ2n) is 5.94. The summed E-state index contributed by atoms with van der Waals surface area (Å²) in [5.74, 6) is 0.133. The summed E-state index contributed by atoms with van der Waals surface area (Å²) in [5.41, 5.74) is 2.56. The second kappa shape index (κ2) is 6.20. The van der Waals surface area contributed by atoms with Crippen molar-refractivity contribution in [3.05, 3.63) is 35.4 Å². The molecule has 1 aliphatic rings. The summed E-state index contributed by atoms with van der Waals surface area (Å²) in [6, 6.07) is 8.08. The smallest absolute Gasteiger partial charge is 0.224 e. The van der Waals surface area contributed by atoms with Crippen LogP contribution in [0.15, 0.2) is 24.3 Å². The molecule has 0 aliphatic carbocycles. The molecular formula is C16H24N2O.